The fraction of sp³-hybridized carbons (Fsp3) is 0.150. The number of carbonyl (C=O) groups excluding carboxylic acids is 1. The highest BCUT2D eigenvalue weighted by molar-refractivity contribution is 7.91. The Morgan fingerprint density at radius 3 is 2.27 bits per heavy atom. The number of sulfone groups is 1. The molecule has 134 valence electrons. The fourth-order valence-corrected chi connectivity index (χ4v) is 5.21. The van der Waals surface area contributed by atoms with Crippen molar-refractivity contribution in [3.8, 4) is 0 Å². The lowest BCUT2D eigenvalue weighted by molar-refractivity contribution is 0.0984. The van der Waals surface area contributed by atoms with E-state index in [9.17, 15) is 13.2 Å². The summed E-state index contributed by atoms with van der Waals surface area (Å²) in [5, 5.41) is 1.36. The van der Waals surface area contributed by atoms with Crippen LogP contribution in [0.25, 0.3) is 0 Å². The van der Waals surface area contributed by atoms with Crippen LogP contribution in [0.2, 0.25) is 5.02 Å². The quantitative estimate of drug-likeness (QED) is 0.510. The van der Waals surface area contributed by atoms with E-state index in [0.717, 1.165) is 5.56 Å². The molecule has 0 aliphatic heterocycles. The number of ketones is 1. The number of Topliss-reactive ketones (excluding diaryl/α,β-unsaturated/α-hetero) is 1. The number of thiophene rings is 1. The maximum atomic E-state index is 13.3. The third-order valence-electron chi connectivity index (χ3n) is 4.13. The number of hydrogen-bond acceptors (Lipinski definition) is 4. The van der Waals surface area contributed by atoms with Gasteiger partial charge in [0.25, 0.3) is 0 Å². The van der Waals surface area contributed by atoms with Gasteiger partial charge in [-0.2, -0.15) is 0 Å². The van der Waals surface area contributed by atoms with Gasteiger partial charge in [-0.15, -0.1) is 11.3 Å². The van der Waals surface area contributed by atoms with Crippen molar-refractivity contribution >= 4 is 38.6 Å². The third-order valence-corrected chi connectivity index (χ3v) is 7.41. The first-order valence-electron chi connectivity index (χ1n) is 8.00. The van der Waals surface area contributed by atoms with E-state index in [2.05, 4.69) is 0 Å². The summed E-state index contributed by atoms with van der Waals surface area (Å²) in [5.74, 6) is -0.185. The molecule has 0 radical (unpaired) electrons. The van der Waals surface area contributed by atoms with Gasteiger partial charge in [0.1, 0.15) is 0 Å². The van der Waals surface area contributed by atoms with Crippen LogP contribution < -0.4 is 0 Å². The van der Waals surface area contributed by atoms with Gasteiger partial charge in [0.2, 0.25) is 0 Å². The molecular weight excluding hydrogens is 388 g/mol. The molecule has 3 nitrogen and oxygen atoms in total. The lowest BCUT2D eigenvalue weighted by atomic mass is 10.1. The van der Waals surface area contributed by atoms with E-state index in [0.29, 0.717) is 15.5 Å². The van der Waals surface area contributed by atoms with Crippen molar-refractivity contribution in [3.05, 3.63) is 87.1 Å². The zero-order chi connectivity index (χ0) is 18.7. The zero-order valence-electron chi connectivity index (χ0n) is 14.1. The van der Waals surface area contributed by atoms with Crippen molar-refractivity contribution < 1.29 is 13.2 Å². The van der Waals surface area contributed by atoms with Crippen LogP contribution in [0, 0.1) is 6.92 Å². The zero-order valence-corrected chi connectivity index (χ0v) is 16.4. The van der Waals surface area contributed by atoms with Crippen molar-refractivity contribution in [2.45, 2.75) is 23.5 Å². The Labute approximate surface area is 162 Å². The van der Waals surface area contributed by atoms with Crippen molar-refractivity contribution in [2.75, 3.05) is 0 Å². The summed E-state index contributed by atoms with van der Waals surface area (Å²) in [4.78, 5) is 13.4. The van der Waals surface area contributed by atoms with Crippen LogP contribution in [0.1, 0.15) is 32.5 Å². The molecule has 26 heavy (non-hydrogen) atoms. The van der Waals surface area contributed by atoms with Crippen molar-refractivity contribution in [3.63, 3.8) is 0 Å². The predicted molar refractivity (Wildman–Crippen MR) is 106 cm³/mol. The summed E-state index contributed by atoms with van der Waals surface area (Å²) < 4.78 is 26.5. The van der Waals surface area contributed by atoms with E-state index in [1.807, 2.05) is 6.92 Å². The largest absolute Gasteiger partial charge is 0.293 e. The van der Waals surface area contributed by atoms with Crippen molar-refractivity contribution in [1.82, 2.24) is 0 Å². The summed E-state index contributed by atoms with van der Waals surface area (Å²) in [6.45, 7) is 1.90. The summed E-state index contributed by atoms with van der Waals surface area (Å²) in [6.07, 6.45) is -0.113. The molecule has 0 bridgehead atoms. The maximum absolute atomic E-state index is 13.3. The molecule has 1 heterocycles. The van der Waals surface area contributed by atoms with Gasteiger partial charge in [-0.25, -0.2) is 8.42 Å². The summed E-state index contributed by atoms with van der Waals surface area (Å²) in [6, 6.07) is 16.8. The van der Waals surface area contributed by atoms with E-state index in [-0.39, 0.29) is 17.1 Å². The Morgan fingerprint density at radius 2 is 1.69 bits per heavy atom. The molecule has 1 aromatic heterocycles. The Bertz CT molecular complexity index is 990. The topological polar surface area (TPSA) is 51.2 Å². The standard InChI is InChI=1S/C20H17ClO3S2/c1-14-4-10-17(11-5-14)26(23,24)20(15-6-8-16(21)9-7-15)13-18(22)19-3-2-12-25-19/h2-12,20H,13H2,1H3/t20-/m0/s1. The van der Waals surface area contributed by atoms with E-state index in [1.54, 1.807) is 66.0 Å². The van der Waals surface area contributed by atoms with Gasteiger partial charge in [-0.05, 0) is 48.2 Å². The summed E-state index contributed by atoms with van der Waals surface area (Å²) >= 11 is 7.25. The van der Waals surface area contributed by atoms with Crippen LogP contribution in [0.15, 0.2) is 70.9 Å². The lowest BCUT2D eigenvalue weighted by Crippen LogP contribution is -2.17. The Balaban J connectivity index is 2.03. The van der Waals surface area contributed by atoms with Crippen LogP contribution in [-0.4, -0.2) is 14.2 Å². The Kier molecular flexibility index (Phi) is 5.61. The predicted octanol–water partition coefficient (Wildman–Crippen LogP) is 5.50. The first-order chi connectivity index (χ1) is 12.4. The van der Waals surface area contributed by atoms with Crippen LogP contribution >= 0.6 is 22.9 Å². The van der Waals surface area contributed by atoms with E-state index >= 15 is 0 Å². The Hall–Kier alpha value is -1.95. The first kappa shape index (κ1) is 18.8. The number of rotatable bonds is 6. The molecular formula is C20H17ClO3S2. The van der Waals surface area contributed by atoms with Gasteiger partial charge in [-0.3, -0.25) is 4.79 Å². The van der Waals surface area contributed by atoms with Crippen LogP contribution in [-0.2, 0) is 9.84 Å². The van der Waals surface area contributed by atoms with Gasteiger partial charge < -0.3 is 0 Å². The molecule has 1 atom stereocenters. The molecule has 3 rings (SSSR count). The van der Waals surface area contributed by atoms with E-state index in [1.165, 1.54) is 11.3 Å². The molecule has 0 spiro atoms. The molecule has 0 aliphatic rings. The normalized spacial score (nSPS) is 12.7. The highest BCUT2D eigenvalue weighted by Gasteiger charge is 2.31. The number of aryl methyl sites for hydroxylation is 1. The highest BCUT2D eigenvalue weighted by atomic mass is 35.5. The van der Waals surface area contributed by atoms with E-state index in [4.69, 9.17) is 11.6 Å². The number of benzene rings is 2. The maximum Gasteiger partial charge on any atom is 0.185 e. The summed E-state index contributed by atoms with van der Waals surface area (Å²) in [5.41, 5.74) is 1.53. The van der Waals surface area contributed by atoms with Gasteiger partial charge in [0.05, 0.1) is 15.0 Å². The Morgan fingerprint density at radius 1 is 1.04 bits per heavy atom. The van der Waals surface area contributed by atoms with Crippen molar-refractivity contribution in [1.29, 1.82) is 0 Å². The molecule has 0 fully saturated rings. The number of halogens is 1. The van der Waals surface area contributed by atoms with Crippen LogP contribution in [0.5, 0.6) is 0 Å². The van der Waals surface area contributed by atoms with Gasteiger partial charge in [0, 0.05) is 11.4 Å². The SMILES string of the molecule is Cc1ccc(S(=O)(=O)[C@@H](CC(=O)c2cccs2)c2ccc(Cl)cc2)cc1. The lowest BCUT2D eigenvalue weighted by Gasteiger charge is -2.18. The minimum Gasteiger partial charge on any atom is -0.293 e. The van der Waals surface area contributed by atoms with E-state index < -0.39 is 15.1 Å². The van der Waals surface area contributed by atoms with Crippen LogP contribution in [0.4, 0.5) is 0 Å². The van der Waals surface area contributed by atoms with Crippen LogP contribution in [0.3, 0.4) is 0 Å². The number of hydrogen-bond donors (Lipinski definition) is 0. The molecule has 0 N–H and O–H groups in total. The molecule has 6 heteroatoms. The average molecular weight is 405 g/mol. The summed E-state index contributed by atoms with van der Waals surface area (Å²) in [7, 11) is -3.73. The van der Waals surface area contributed by atoms with Gasteiger partial charge in [-0.1, -0.05) is 47.5 Å². The molecule has 0 saturated carbocycles. The first-order valence-corrected chi connectivity index (χ1v) is 10.8. The molecule has 0 saturated heterocycles. The molecule has 0 unspecified atom stereocenters. The highest BCUT2D eigenvalue weighted by Crippen LogP contribution is 2.34. The molecule has 3 aromatic rings. The average Bonchev–Trinajstić information content (AvgIpc) is 3.15. The number of carbonyl (C=O) groups is 1. The monoisotopic (exact) mass is 404 g/mol. The molecule has 2 aromatic carbocycles. The minimum absolute atomic E-state index is 0.113. The second-order valence-electron chi connectivity index (χ2n) is 6.00. The van der Waals surface area contributed by atoms with Gasteiger partial charge in [0.15, 0.2) is 15.6 Å². The van der Waals surface area contributed by atoms with Crippen molar-refractivity contribution in [2.24, 2.45) is 0 Å². The fourth-order valence-electron chi connectivity index (χ4n) is 2.68. The molecule has 0 amide bonds. The third kappa shape index (κ3) is 4.06. The minimum atomic E-state index is -3.73. The smallest absolute Gasteiger partial charge is 0.185 e. The second-order valence-corrected chi connectivity index (χ2v) is 9.52. The van der Waals surface area contributed by atoms with Gasteiger partial charge >= 0.3 is 0 Å². The molecule has 0 aliphatic carbocycles. The second kappa shape index (κ2) is 7.74.